The SMILES string of the molecule is CC(C)OC(C)(OC(C)C)C(C)[O][Al]([O]C(C)C(C)(OC(C)C)OC(C)C)[O]C(C)C(C)(OC(C)C)OC(C)C. The lowest BCUT2D eigenvalue weighted by Crippen LogP contribution is -2.56. The normalized spacial score (nSPS) is 16.2. The van der Waals surface area contributed by atoms with E-state index in [1.165, 1.54) is 0 Å². The van der Waals surface area contributed by atoms with Gasteiger partial charge < -0.3 is 39.8 Å². The van der Waals surface area contributed by atoms with E-state index < -0.39 is 50.8 Å². The highest BCUT2D eigenvalue weighted by molar-refractivity contribution is 6.36. The summed E-state index contributed by atoms with van der Waals surface area (Å²) < 4.78 is 57.2. The first-order valence-corrected chi connectivity index (χ1v) is 16.5. The van der Waals surface area contributed by atoms with E-state index in [0.717, 1.165) is 0 Å². The molecule has 3 atom stereocenters. The van der Waals surface area contributed by atoms with Crippen LogP contribution in [0.1, 0.15) is 125 Å². The van der Waals surface area contributed by atoms with Crippen molar-refractivity contribution in [3.05, 3.63) is 0 Å². The maximum Gasteiger partial charge on any atom is 0.906 e. The van der Waals surface area contributed by atoms with E-state index >= 15 is 0 Å². The summed E-state index contributed by atoms with van der Waals surface area (Å²) in [6.45, 7) is 35.0. The van der Waals surface area contributed by atoms with Crippen LogP contribution in [0.15, 0.2) is 0 Å². The van der Waals surface area contributed by atoms with Crippen molar-refractivity contribution in [1.29, 1.82) is 0 Å². The quantitative estimate of drug-likeness (QED) is 0.104. The summed E-state index contributed by atoms with van der Waals surface area (Å²) in [5.41, 5.74) is 0. The zero-order valence-electron chi connectivity index (χ0n) is 28.9. The first kappa shape index (κ1) is 40.2. The highest BCUT2D eigenvalue weighted by Crippen LogP contribution is 2.31. The summed E-state index contributed by atoms with van der Waals surface area (Å²) in [6.07, 6.45) is -2.09. The second kappa shape index (κ2) is 17.5. The molecule has 40 heavy (non-hydrogen) atoms. The summed E-state index contributed by atoms with van der Waals surface area (Å²) in [5.74, 6) is -3.11. The maximum atomic E-state index is 6.59. The Labute approximate surface area is 251 Å². The molecular weight excluding hydrogens is 531 g/mol. The lowest BCUT2D eigenvalue weighted by Gasteiger charge is -2.43. The second-order valence-electron chi connectivity index (χ2n) is 12.7. The van der Waals surface area contributed by atoms with Crippen LogP contribution in [0.5, 0.6) is 0 Å². The molecule has 0 aliphatic heterocycles. The number of hydrogen-bond acceptors (Lipinski definition) is 9. The van der Waals surface area contributed by atoms with Crippen LogP contribution in [0.2, 0.25) is 0 Å². The first-order valence-electron chi connectivity index (χ1n) is 15.1. The van der Waals surface area contributed by atoms with Crippen LogP contribution in [0.4, 0.5) is 0 Å². The zero-order chi connectivity index (χ0) is 31.6. The number of hydrogen-bond donors (Lipinski definition) is 0. The Morgan fingerprint density at radius 3 is 0.600 bits per heavy atom. The molecular formula is C30H63AlO9. The van der Waals surface area contributed by atoms with Crippen molar-refractivity contribution >= 4 is 15.1 Å². The molecule has 0 aromatic carbocycles. The fourth-order valence-electron chi connectivity index (χ4n) is 4.43. The van der Waals surface area contributed by atoms with Crippen molar-refractivity contribution in [2.24, 2.45) is 0 Å². The summed E-state index contributed by atoms with van der Waals surface area (Å²) >= 11 is -2.96. The van der Waals surface area contributed by atoms with Crippen LogP contribution in [-0.4, -0.2) is 87.4 Å². The standard InChI is InChI=1S/3C10H21O3.Al/c3*1-7(2)12-10(6,9(5)11)13-8(3)4;/h3*7-9H,1-6H3;/q3*-1;+3. The summed E-state index contributed by atoms with van der Waals surface area (Å²) in [6, 6.07) is 0. The van der Waals surface area contributed by atoms with Gasteiger partial charge in [0.25, 0.3) is 0 Å². The lowest BCUT2D eigenvalue weighted by atomic mass is 10.2. The monoisotopic (exact) mass is 594 g/mol. The summed E-state index contributed by atoms with van der Waals surface area (Å²) in [5, 5.41) is 0. The van der Waals surface area contributed by atoms with Gasteiger partial charge in [0.05, 0.1) is 54.9 Å². The molecule has 0 fully saturated rings. The Kier molecular flexibility index (Phi) is 17.5. The van der Waals surface area contributed by atoms with Gasteiger partial charge in [-0.15, -0.1) is 0 Å². The van der Waals surface area contributed by atoms with Crippen LogP contribution in [0.3, 0.4) is 0 Å². The van der Waals surface area contributed by atoms with Crippen molar-refractivity contribution in [3.63, 3.8) is 0 Å². The molecule has 0 spiro atoms. The predicted molar refractivity (Wildman–Crippen MR) is 160 cm³/mol. The van der Waals surface area contributed by atoms with Crippen molar-refractivity contribution in [3.8, 4) is 0 Å². The highest BCUT2D eigenvalue weighted by atomic mass is 27.3. The Morgan fingerprint density at radius 1 is 0.325 bits per heavy atom. The minimum absolute atomic E-state index is 0.0843. The van der Waals surface area contributed by atoms with Gasteiger partial charge in [0.1, 0.15) is 0 Å². The molecule has 0 bridgehead atoms. The maximum absolute atomic E-state index is 6.59. The largest absolute Gasteiger partial charge is 0.906 e. The van der Waals surface area contributed by atoms with Gasteiger partial charge >= 0.3 is 15.1 Å². The molecule has 0 aliphatic rings. The average molecular weight is 595 g/mol. The van der Waals surface area contributed by atoms with Gasteiger partial charge in [0.2, 0.25) is 0 Å². The number of rotatable bonds is 21. The van der Waals surface area contributed by atoms with Crippen molar-refractivity contribution in [2.75, 3.05) is 0 Å². The van der Waals surface area contributed by atoms with E-state index in [-0.39, 0.29) is 36.6 Å². The van der Waals surface area contributed by atoms with E-state index in [2.05, 4.69) is 0 Å². The molecule has 10 heteroatoms. The zero-order valence-corrected chi connectivity index (χ0v) is 30.1. The Hall–Kier alpha value is 0.172. The third-order valence-corrected chi connectivity index (χ3v) is 7.87. The van der Waals surface area contributed by atoms with Gasteiger partial charge in [-0.1, -0.05) is 0 Å². The van der Waals surface area contributed by atoms with Gasteiger partial charge in [-0.05, 0) is 125 Å². The smallest absolute Gasteiger partial charge is 0.448 e. The third kappa shape index (κ3) is 14.6. The molecule has 0 aromatic heterocycles. The molecule has 0 heterocycles. The van der Waals surface area contributed by atoms with E-state index in [1.54, 1.807) is 0 Å². The van der Waals surface area contributed by atoms with E-state index in [4.69, 9.17) is 39.8 Å². The van der Waals surface area contributed by atoms with Gasteiger partial charge in [-0.2, -0.15) is 0 Å². The molecule has 9 nitrogen and oxygen atoms in total. The Balaban J connectivity index is 6.40. The second-order valence-corrected chi connectivity index (χ2v) is 14.1. The van der Waals surface area contributed by atoms with Crippen LogP contribution in [0, 0.1) is 0 Å². The number of ether oxygens (including phenoxy) is 6. The molecule has 0 aromatic rings. The Morgan fingerprint density at radius 2 is 0.475 bits per heavy atom. The molecule has 0 aliphatic carbocycles. The fraction of sp³-hybridized carbons (Fsp3) is 1.00. The third-order valence-electron chi connectivity index (χ3n) is 5.98. The summed E-state index contributed by atoms with van der Waals surface area (Å²) in [7, 11) is 0. The van der Waals surface area contributed by atoms with Crippen molar-refractivity contribution in [1.82, 2.24) is 0 Å². The predicted octanol–water partition coefficient (Wildman–Crippen LogP) is 6.89. The first-order chi connectivity index (χ1) is 18.0. The van der Waals surface area contributed by atoms with Gasteiger partial charge in [-0.3, -0.25) is 0 Å². The molecule has 0 saturated heterocycles. The molecule has 0 N–H and O–H groups in total. The van der Waals surface area contributed by atoms with Crippen LogP contribution in [0.25, 0.3) is 0 Å². The van der Waals surface area contributed by atoms with Crippen molar-refractivity contribution < 1.29 is 39.8 Å². The minimum atomic E-state index is -2.96. The fourth-order valence-corrected chi connectivity index (χ4v) is 6.37. The molecule has 0 radical (unpaired) electrons. The van der Waals surface area contributed by atoms with Crippen LogP contribution >= 0.6 is 0 Å². The van der Waals surface area contributed by atoms with Gasteiger partial charge in [0, 0.05) is 0 Å². The van der Waals surface area contributed by atoms with E-state index in [0.29, 0.717) is 0 Å². The molecule has 0 saturated carbocycles. The minimum Gasteiger partial charge on any atom is -0.448 e. The molecule has 3 unspecified atom stereocenters. The van der Waals surface area contributed by atoms with Crippen molar-refractivity contribution in [2.45, 2.75) is 197 Å². The highest BCUT2D eigenvalue weighted by Gasteiger charge is 2.50. The lowest BCUT2D eigenvalue weighted by molar-refractivity contribution is -0.313. The molecule has 0 amide bonds. The van der Waals surface area contributed by atoms with Gasteiger partial charge in [-0.25, -0.2) is 0 Å². The summed E-state index contributed by atoms with van der Waals surface area (Å²) in [4.78, 5) is 0. The topological polar surface area (TPSA) is 83.1 Å². The van der Waals surface area contributed by atoms with Gasteiger partial charge in [0.15, 0.2) is 17.4 Å². The van der Waals surface area contributed by atoms with E-state index in [1.807, 2.05) is 125 Å². The van der Waals surface area contributed by atoms with Crippen LogP contribution < -0.4 is 0 Å². The molecule has 240 valence electrons. The average Bonchev–Trinajstić information content (AvgIpc) is 2.69. The van der Waals surface area contributed by atoms with E-state index in [9.17, 15) is 0 Å². The Bertz CT molecular complexity index is 564. The molecule has 0 rings (SSSR count). The van der Waals surface area contributed by atoms with Crippen LogP contribution in [-0.2, 0) is 39.8 Å².